The summed E-state index contributed by atoms with van der Waals surface area (Å²) in [6.07, 6.45) is 1.56. The SMILES string of the molecule is CC1COc2c(N3CCN(C)CC3)c(F)cc3c(=O)c(C(=O)N4CCN(S(=O)(=O)c5ccccc5)CC4)cn1c23. The monoisotopic (exact) mass is 569 g/mol. The number of anilines is 1. The lowest BCUT2D eigenvalue weighted by Crippen LogP contribution is -2.51. The normalized spacial score (nSPS) is 20.5. The Morgan fingerprint density at radius 1 is 1.00 bits per heavy atom. The van der Waals surface area contributed by atoms with E-state index in [0.29, 0.717) is 30.0 Å². The number of nitrogens with zero attached hydrogens (tertiary/aromatic N) is 5. The van der Waals surface area contributed by atoms with Crippen molar-refractivity contribution < 1.29 is 22.3 Å². The standard InChI is InChI=1S/C28H32FN5O5S/c1-19-18-39-27-24-21(16-23(29)25(27)31-10-8-30(2)9-11-31)26(35)22(17-34(19)24)28(36)32-12-14-33(15-13-32)40(37,38)20-6-4-3-5-7-20/h3-7,16-17,19H,8-15,18H2,1-2H3. The van der Waals surface area contributed by atoms with Crippen LogP contribution in [0.3, 0.4) is 0 Å². The number of carbonyl (C=O) groups is 1. The quantitative estimate of drug-likeness (QED) is 0.474. The molecular formula is C28H32FN5O5S. The van der Waals surface area contributed by atoms with Gasteiger partial charge < -0.3 is 24.0 Å². The molecule has 1 atom stereocenters. The summed E-state index contributed by atoms with van der Waals surface area (Å²) in [6, 6.07) is 9.22. The molecule has 10 nitrogen and oxygen atoms in total. The maximum absolute atomic E-state index is 15.6. The molecule has 40 heavy (non-hydrogen) atoms. The second kappa shape index (κ2) is 10.2. The maximum Gasteiger partial charge on any atom is 0.259 e. The lowest BCUT2D eigenvalue weighted by Gasteiger charge is -2.37. The highest BCUT2D eigenvalue weighted by Crippen LogP contribution is 2.42. The van der Waals surface area contributed by atoms with Gasteiger partial charge in [-0.1, -0.05) is 18.2 Å². The molecule has 6 rings (SSSR count). The fourth-order valence-corrected chi connectivity index (χ4v) is 7.18. The van der Waals surface area contributed by atoms with E-state index in [1.807, 2.05) is 23.4 Å². The number of ether oxygens (including phenoxy) is 1. The summed E-state index contributed by atoms with van der Waals surface area (Å²) in [5, 5.41) is 0.105. The summed E-state index contributed by atoms with van der Waals surface area (Å²) < 4.78 is 50.9. The molecule has 0 spiro atoms. The van der Waals surface area contributed by atoms with Crippen molar-refractivity contribution in [2.75, 3.05) is 70.9 Å². The molecule has 212 valence electrons. The van der Waals surface area contributed by atoms with Crippen LogP contribution < -0.4 is 15.1 Å². The summed E-state index contributed by atoms with van der Waals surface area (Å²) >= 11 is 0. The molecule has 3 aliphatic rings. The van der Waals surface area contributed by atoms with Gasteiger partial charge in [-0.05, 0) is 32.2 Å². The number of benzene rings is 2. The van der Waals surface area contributed by atoms with Gasteiger partial charge in [-0.25, -0.2) is 12.8 Å². The fraction of sp³-hybridized carbons (Fsp3) is 0.429. The molecule has 1 amide bonds. The van der Waals surface area contributed by atoms with Crippen LogP contribution in [0, 0.1) is 5.82 Å². The van der Waals surface area contributed by atoms with Gasteiger partial charge in [0.1, 0.15) is 17.9 Å². The molecule has 0 bridgehead atoms. The van der Waals surface area contributed by atoms with Crippen LogP contribution in [-0.2, 0) is 10.0 Å². The Hall–Kier alpha value is -3.48. The molecule has 2 fully saturated rings. The van der Waals surface area contributed by atoms with Crippen LogP contribution in [-0.4, -0.2) is 99.0 Å². The molecular weight excluding hydrogens is 537 g/mol. The van der Waals surface area contributed by atoms with Crippen molar-refractivity contribution in [2.45, 2.75) is 17.9 Å². The predicted octanol–water partition coefficient (Wildman–Crippen LogP) is 1.99. The summed E-state index contributed by atoms with van der Waals surface area (Å²) in [6.45, 7) is 5.55. The summed E-state index contributed by atoms with van der Waals surface area (Å²) in [7, 11) is -1.66. The average molecular weight is 570 g/mol. The fourth-order valence-electron chi connectivity index (χ4n) is 5.73. The molecule has 1 aromatic heterocycles. The van der Waals surface area contributed by atoms with Crippen molar-refractivity contribution in [3.63, 3.8) is 0 Å². The third kappa shape index (κ3) is 4.43. The predicted molar refractivity (Wildman–Crippen MR) is 149 cm³/mol. The van der Waals surface area contributed by atoms with E-state index in [9.17, 15) is 18.0 Å². The van der Waals surface area contributed by atoms with Gasteiger partial charge in [0.25, 0.3) is 5.91 Å². The number of hydrogen-bond acceptors (Lipinski definition) is 7. The van der Waals surface area contributed by atoms with Crippen LogP contribution >= 0.6 is 0 Å². The Morgan fingerprint density at radius 3 is 2.35 bits per heavy atom. The van der Waals surface area contributed by atoms with Gasteiger partial charge in [-0.3, -0.25) is 9.59 Å². The minimum atomic E-state index is -3.68. The molecule has 3 aliphatic heterocycles. The number of sulfonamides is 1. The molecule has 3 aromatic rings. The highest BCUT2D eigenvalue weighted by atomic mass is 32.2. The van der Waals surface area contributed by atoms with E-state index in [1.165, 1.54) is 15.3 Å². The number of hydrogen-bond donors (Lipinski definition) is 0. The van der Waals surface area contributed by atoms with E-state index in [1.54, 1.807) is 36.5 Å². The molecule has 12 heteroatoms. The number of halogens is 1. The van der Waals surface area contributed by atoms with Crippen LogP contribution in [0.5, 0.6) is 5.75 Å². The van der Waals surface area contributed by atoms with Gasteiger partial charge >= 0.3 is 0 Å². The van der Waals surface area contributed by atoms with Crippen molar-refractivity contribution in [2.24, 2.45) is 0 Å². The Morgan fingerprint density at radius 2 is 1.68 bits per heavy atom. The van der Waals surface area contributed by atoms with E-state index >= 15 is 4.39 Å². The highest BCUT2D eigenvalue weighted by molar-refractivity contribution is 7.89. The van der Waals surface area contributed by atoms with E-state index in [4.69, 9.17) is 4.74 Å². The third-order valence-corrected chi connectivity index (χ3v) is 10.0. The largest absolute Gasteiger partial charge is 0.487 e. The van der Waals surface area contributed by atoms with Crippen molar-refractivity contribution in [1.29, 1.82) is 0 Å². The maximum atomic E-state index is 15.6. The first-order valence-electron chi connectivity index (χ1n) is 13.5. The Bertz CT molecular complexity index is 1630. The smallest absolute Gasteiger partial charge is 0.259 e. The first kappa shape index (κ1) is 26.7. The number of carbonyl (C=O) groups excluding carboxylic acids is 1. The number of likely N-dealkylation sites (N-methyl/N-ethyl adjacent to an activating group) is 1. The molecule has 0 radical (unpaired) electrons. The lowest BCUT2D eigenvalue weighted by molar-refractivity contribution is 0.0695. The van der Waals surface area contributed by atoms with E-state index in [2.05, 4.69) is 4.90 Å². The minimum Gasteiger partial charge on any atom is -0.487 e. The Kier molecular flexibility index (Phi) is 6.79. The molecule has 1 unspecified atom stereocenters. The third-order valence-electron chi connectivity index (χ3n) is 8.10. The average Bonchev–Trinajstić information content (AvgIpc) is 2.96. The van der Waals surface area contributed by atoms with E-state index in [0.717, 1.165) is 13.1 Å². The number of rotatable bonds is 4. The van der Waals surface area contributed by atoms with Crippen LogP contribution in [0.1, 0.15) is 23.3 Å². The summed E-state index contributed by atoms with van der Waals surface area (Å²) in [4.78, 5) is 33.1. The van der Waals surface area contributed by atoms with Crippen molar-refractivity contribution >= 4 is 32.5 Å². The molecule has 0 N–H and O–H groups in total. The van der Waals surface area contributed by atoms with Crippen LogP contribution in [0.25, 0.3) is 10.9 Å². The minimum absolute atomic E-state index is 0.0571. The van der Waals surface area contributed by atoms with E-state index in [-0.39, 0.29) is 54.7 Å². The summed E-state index contributed by atoms with van der Waals surface area (Å²) in [5.41, 5.74) is 0.238. The van der Waals surface area contributed by atoms with Gasteiger partial charge in [0.2, 0.25) is 15.5 Å². The van der Waals surface area contributed by atoms with Crippen molar-refractivity contribution in [3.05, 3.63) is 64.2 Å². The van der Waals surface area contributed by atoms with Gasteiger partial charge in [-0.15, -0.1) is 0 Å². The first-order valence-corrected chi connectivity index (χ1v) is 14.9. The first-order chi connectivity index (χ1) is 19.2. The van der Waals surface area contributed by atoms with Gasteiger partial charge in [-0.2, -0.15) is 4.31 Å². The zero-order valence-corrected chi connectivity index (χ0v) is 23.4. The molecule has 2 saturated heterocycles. The van der Waals surface area contributed by atoms with Crippen molar-refractivity contribution in [3.8, 4) is 5.75 Å². The second-order valence-corrected chi connectivity index (χ2v) is 12.6. The van der Waals surface area contributed by atoms with Crippen LogP contribution in [0.4, 0.5) is 10.1 Å². The number of piperazine rings is 2. The molecule has 4 heterocycles. The Labute approximate surface area is 232 Å². The Balaban J connectivity index is 1.32. The summed E-state index contributed by atoms with van der Waals surface area (Å²) in [5.74, 6) is -0.695. The number of aromatic nitrogens is 1. The van der Waals surface area contributed by atoms with Gasteiger partial charge in [0.15, 0.2) is 11.6 Å². The van der Waals surface area contributed by atoms with Gasteiger partial charge in [0.05, 0.1) is 21.8 Å². The van der Waals surface area contributed by atoms with Crippen LogP contribution in [0.15, 0.2) is 52.3 Å². The zero-order valence-electron chi connectivity index (χ0n) is 22.5. The second-order valence-electron chi connectivity index (χ2n) is 10.7. The van der Waals surface area contributed by atoms with Crippen LogP contribution in [0.2, 0.25) is 0 Å². The highest BCUT2D eigenvalue weighted by Gasteiger charge is 2.34. The van der Waals surface area contributed by atoms with Crippen molar-refractivity contribution in [1.82, 2.24) is 18.7 Å². The molecule has 0 aliphatic carbocycles. The van der Waals surface area contributed by atoms with E-state index < -0.39 is 27.2 Å². The molecule has 0 saturated carbocycles. The van der Waals surface area contributed by atoms with Gasteiger partial charge in [0, 0.05) is 58.6 Å². The topological polar surface area (TPSA) is 95.4 Å². The number of pyridine rings is 1. The molecule has 2 aromatic carbocycles. The zero-order chi connectivity index (χ0) is 28.2. The lowest BCUT2D eigenvalue weighted by atomic mass is 10.0. The number of amides is 1.